The summed E-state index contributed by atoms with van der Waals surface area (Å²) in [4.78, 5) is 4.20. The van der Waals surface area contributed by atoms with E-state index in [4.69, 9.17) is 11.6 Å². The number of halogens is 2. The number of benzene rings is 1. The van der Waals surface area contributed by atoms with Crippen molar-refractivity contribution < 1.29 is 0 Å². The molecule has 0 saturated heterocycles. The summed E-state index contributed by atoms with van der Waals surface area (Å²) in [7, 11) is 1.92. The number of para-hydroxylation sites is 1. The first-order valence-corrected chi connectivity index (χ1v) is 4.92. The smallest absolute Gasteiger partial charge is 0.203 e. The summed E-state index contributed by atoms with van der Waals surface area (Å²) in [5.41, 5.74) is 2.05. The van der Waals surface area contributed by atoms with Crippen molar-refractivity contribution in [1.29, 1.82) is 0 Å². The molecule has 0 aliphatic carbocycles. The molecule has 0 aliphatic rings. The van der Waals surface area contributed by atoms with Gasteiger partial charge in [-0.25, -0.2) is 4.98 Å². The Bertz CT molecular complexity index is 436. The van der Waals surface area contributed by atoms with E-state index in [1.165, 1.54) is 3.57 Å². The second-order valence-electron chi connectivity index (χ2n) is 2.55. The molecule has 1 heterocycles. The molecular weight excluding hydrogens is 286 g/mol. The first-order chi connectivity index (χ1) is 5.70. The van der Waals surface area contributed by atoms with Gasteiger partial charge >= 0.3 is 0 Å². The van der Waals surface area contributed by atoms with Crippen molar-refractivity contribution in [2.24, 2.45) is 7.05 Å². The molecule has 12 heavy (non-hydrogen) atoms. The van der Waals surface area contributed by atoms with Crippen LogP contribution >= 0.6 is 34.2 Å². The zero-order valence-electron chi connectivity index (χ0n) is 6.38. The van der Waals surface area contributed by atoms with Crippen LogP contribution in [-0.2, 0) is 7.05 Å². The van der Waals surface area contributed by atoms with Crippen molar-refractivity contribution in [2.45, 2.75) is 0 Å². The predicted octanol–water partition coefficient (Wildman–Crippen LogP) is 2.83. The molecule has 2 rings (SSSR count). The highest BCUT2D eigenvalue weighted by atomic mass is 127. The fraction of sp³-hybridized carbons (Fsp3) is 0.125. The number of fused-ring (bicyclic) bond motifs is 1. The van der Waals surface area contributed by atoms with Gasteiger partial charge in [0, 0.05) is 10.6 Å². The minimum atomic E-state index is 0.536. The van der Waals surface area contributed by atoms with Crippen LogP contribution < -0.4 is 0 Å². The quantitative estimate of drug-likeness (QED) is 0.683. The molecule has 0 fully saturated rings. The van der Waals surface area contributed by atoms with Crippen LogP contribution in [0.5, 0.6) is 0 Å². The highest BCUT2D eigenvalue weighted by Crippen LogP contribution is 2.22. The second kappa shape index (κ2) is 2.88. The average Bonchev–Trinajstić information content (AvgIpc) is 2.29. The Kier molecular flexibility index (Phi) is 2.00. The van der Waals surface area contributed by atoms with Crippen LogP contribution in [0.4, 0.5) is 0 Å². The van der Waals surface area contributed by atoms with Gasteiger partial charge in [-0.1, -0.05) is 6.07 Å². The van der Waals surface area contributed by atoms with Crippen molar-refractivity contribution in [2.75, 3.05) is 0 Å². The Labute approximate surface area is 88.7 Å². The van der Waals surface area contributed by atoms with E-state index in [0.717, 1.165) is 11.0 Å². The maximum absolute atomic E-state index is 5.87. The number of aromatic nitrogens is 2. The van der Waals surface area contributed by atoms with Crippen molar-refractivity contribution >= 4 is 45.2 Å². The molecule has 0 bridgehead atoms. The monoisotopic (exact) mass is 292 g/mol. The number of aryl methyl sites for hydroxylation is 1. The summed E-state index contributed by atoms with van der Waals surface area (Å²) in [6.45, 7) is 0. The van der Waals surface area contributed by atoms with Gasteiger partial charge in [0.1, 0.15) is 0 Å². The molecular formula is C8H6ClIN2. The minimum absolute atomic E-state index is 0.536. The number of hydrogen-bond acceptors (Lipinski definition) is 1. The molecule has 62 valence electrons. The molecule has 0 aliphatic heterocycles. The normalized spacial score (nSPS) is 10.9. The Morgan fingerprint density at radius 1 is 1.50 bits per heavy atom. The van der Waals surface area contributed by atoms with Gasteiger partial charge < -0.3 is 4.57 Å². The van der Waals surface area contributed by atoms with Crippen molar-refractivity contribution in [3.8, 4) is 0 Å². The number of rotatable bonds is 0. The Morgan fingerprint density at radius 2 is 2.25 bits per heavy atom. The van der Waals surface area contributed by atoms with Crippen LogP contribution in [-0.4, -0.2) is 9.55 Å². The van der Waals surface area contributed by atoms with Crippen LogP contribution in [0.25, 0.3) is 11.0 Å². The lowest BCUT2D eigenvalue weighted by atomic mass is 10.3. The van der Waals surface area contributed by atoms with E-state index in [0.29, 0.717) is 5.28 Å². The largest absolute Gasteiger partial charge is 0.317 e. The molecule has 2 aromatic rings. The summed E-state index contributed by atoms with van der Waals surface area (Å²) >= 11 is 8.15. The lowest BCUT2D eigenvalue weighted by molar-refractivity contribution is 0.946. The van der Waals surface area contributed by atoms with E-state index in [9.17, 15) is 0 Å². The van der Waals surface area contributed by atoms with Gasteiger partial charge in [-0.15, -0.1) is 0 Å². The summed E-state index contributed by atoms with van der Waals surface area (Å²) in [6.07, 6.45) is 0. The van der Waals surface area contributed by atoms with Crippen LogP contribution in [0.15, 0.2) is 18.2 Å². The molecule has 0 saturated carbocycles. The van der Waals surface area contributed by atoms with E-state index in [-0.39, 0.29) is 0 Å². The Morgan fingerprint density at radius 3 is 2.92 bits per heavy atom. The number of hydrogen-bond donors (Lipinski definition) is 0. The number of nitrogens with zero attached hydrogens (tertiary/aromatic N) is 2. The highest BCUT2D eigenvalue weighted by molar-refractivity contribution is 14.1. The molecule has 0 radical (unpaired) electrons. The van der Waals surface area contributed by atoms with Gasteiger partial charge in [0.2, 0.25) is 5.28 Å². The molecule has 0 amide bonds. The first-order valence-electron chi connectivity index (χ1n) is 3.46. The van der Waals surface area contributed by atoms with E-state index >= 15 is 0 Å². The number of imidazole rings is 1. The van der Waals surface area contributed by atoms with Crippen LogP contribution in [0.2, 0.25) is 5.28 Å². The molecule has 4 heteroatoms. The van der Waals surface area contributed by atoms with Crippen LogP contribution in [0.1, 0.15) is 0 Å². The predicted molar refractivity (Wildman–Crippen MR) is 58.4 cm³/mol. The Balaban J connectivity index is 2.97. The maximum Gasteiger partial charge on any atom is 0.203 e. The van der Waals surface area contributed by atoms with Gasteiger partial charge in [-0.2, -0.15) is 0 Å². The maximum atomic E-state index is 5.87. The van der Waals surface area contributed by atoms with Crippen LogP contribution in [0.3, 0.4) is 0 Å². The van der Waals surface area contributed by atoms with Crippen molar-refractivity contribution in [3.05, 3.63) is 27.1 Å². The Hall–Kier alpha value is -0.290. The topological polar surface area (TPSA) is 17.8 Å². The van der Waals surface area contributed by atoms with E-state index in [1.54, 1.807) is 0 Å². The first kappa shape index (κ1) is 8.31. The highest BCUT2D eigenvalue weighted by Gasteiger charge is 2.06. The lowest BCUT2D eigenvalue weighted by Crippen LogP contribution is -1.88. The van der Waals surface area contributed by atoms with Crippen molar-refractivity contribution in [1.82, 2.24) is 9.55 Å². The fourth-order valence-electron chi connectivity index (χ4n) is 1.19. The fourth-order valence-corrected chi connectivity index (χ4v) is 2.21. The van der Waals surface area contributed by atoms with Crippen molar-refractivity contribution in [3.63, 3.8) is 0 Å². The van der Waals surface area contributed by atoms with Gasteiger partial charge in [-0.05, 0) is 46.3 Å². The SMILES string of the molecule is Cn1c(Cl)nc2cccc(I)c21. The third-order valence-electron chi connectivity index (χ3n) is 1.79. The average molecular weight is 293 g/mol. The molecule has 1 aromatic heterocycles. The van der Waals surface area contributed by atoms with Gasteiger partial charge in [0.25, 0.3) is 0 Å². The molecule has 0 unspecified atom stereocenters. The summed E-state index contributed by atoms with van der Waals surface area (Å²) in [5.74, 6) is 0. The third kappa shape index (κ3) is 1.11. The van der Waals surface area contributed by atoms with E-state index in [1.807, 2.05) is 29.8 Å². The molecule has 0 N–H and O–H groups in total. The second-order valence-corrected chi connectivity index (χ2v) is 4.05. The van der Waals surface area contributed by atoms with Gasteiger partial charge in [-0.3, -0.25) is 0 Å². The summed E-state index contributed by atoms with van der Waals surface area (Å²) in [5, 5.41) is 0.536. The molecule has 0 atom stereocenters. The summed E-state index contributed by atoms with van der Waals surface area (Å²) < 4.78 is 3.06. The van der Waals surface area contributed by atoms with Gasteiger partial charge in [0.05, 0.1) is 11.0 Å². The standard InChI is InChI=1S/C8H6ClIN2/c1-12-7-5(10)3-2-4-6(7)11-8(12)9/h2-4H,1H3. The minimum Gasteiger partial charge on any atom is -0.317 e. The lowest BCUT2D eigenvalue weighted by Gasteiger charge is -1.96. The van der Waals surface area contributed by atoms with E-state index < -0.39 is 0 Å². The van der Waals surface area contributed by atoms with Gasteiger partial charge in [0.15, 0.2) is 0 Å². The van der Waals surface area contributed by atoms with E-state index in [2.05, 4.69) is 27.6 Å². The van der Waals surface area contributed by atoms with Crippen LogP contribution in [0, 0.1) is 3.57 Å². The zero-order chi connectivity index (χ0) is 8.72. The zero-order valence-corrected chi connectivity index (χ0v) is 9.30. The molecule has 0 spiro atoms. The third-order valence-corrected chi connectivity index (χ3v) is 3.00. The molecule has 2 nitrogen and oxygen atoms in total. The summed E-state index contributed by atoms with van der Waals surface area (Å²) in [6, 6.07) is 5.98. The molecule has 1 aromatic carbocycles.